The number of para-hydroxylation sites is 1. The first-order chi connectivity index (χ1) is 11.6. The number of carbonyl (C=O) groups excluding carboxylic acids is 2. The van der Waals surface area contributed by atoms with Gasteiger partial charge in [-0.1, -0.05) is 18.2 Å². The molecule has 6 nitrogen and oxygen atoms in total. The molecule has 0 bridgehead atoms. The summed E-state index contributed by atoms with van der Waals surface area (Å²) in [5, 5.41) is 6.01. The SMILES string of the molecule is CC(=O)NCC1CCN(C(=O)N[C@@H]2CCOc3ccccc32)CC1. The summed E-state index contributed by atoms with van der Waals surface area (Å²) in [6.45, 7) is 4.34. The lowest BCUT2D eigenvalue weighted by Crippen LogP contribution is -2.47. The number of rotatable bonds is 3. The van der Waals surface area contributed by atoms with E-state index in [0.717, 1.165) is 43.7 Å². The highest BCUT2D eigenvalue weighted by Gasteiger charge is 2.27. The Bertz CT molecular complexity index is 597. The van der Waals surface area contributed by atoms with Gasteiger partial charge < -0.3 is 20.3 Å². The van der Waals surface area contributed by atoms with Gasteiger partial charge in [0.15, 0.2) is 0 Å². The predicted octanol–water partition coefficient (Wildman–Crippen LogP) is 2.07. The average Bonchev–Trinajstić information content (AvgIpc) is 2.60. The summed E-state index contributed by atoms with van der Waals surface area (Å²) in [4.78, 5) is 25.4. The maximum Gasteiger partial charge on any atom is 0.317 e. The largest absolute Gasteiger partial charge is 0.493 e. The van der Waals surface area contributed by atoms with Crippen LogP contribution >= 0.6 is 0 Å². The summed E-state index contributed by atoms with van der Waals surface area (Å²) in [5.74, 6) is 1.33. The number of nitrogens with one attached hydrogen (secondary N) is 2. The Labute approximate surface area is 142 Å². The van der Waals surface area contributed by atoms with Crippen molar-refractivity contribution in [3.8, 4) is 5.75 Å². The number of urea groups is 1. The van der Waals surface area contributed by atoms with Gasteiger partial charge in [-0.2, -0.15) is 0 Å². The van der Waals surface area contributed by atoms with Gasteiger partial charge in [0, 0.05) is 38.5 Å². The highest BCUT2D eigenvalue weighted by atomic mass is 16.5. The molecule has 130 valence electrons. The van der Waals surface area contributed by atoms with Crippen LogP contribution in [0.15, 0.2) is 24.3 Å². The van der Waals surface area contributed by atoms with Crippen molar-refractivity contribution in [3.63, 3.8) is 0 Å². The minimum Gasteiger partial charge on any atom is -0.493 e. The Hall–Kier alpha value is -2.24. The van der Waals surface area contributed by atoms with Crippen molar-refractivity contribution in [3.05, 3.63) is 29.8 Å². The fraction of sp³-hybridized carbons (Fsp3) is 0.556. The fourth-order valence-electron chi connectivity index (χ4n) is 3.36. The Morgan fingerprint density at radius 3 is 2.71 bits per heavy atom. The molecule has 2 N–H and O–H groups in total. The Morgan fingerprint density at radius 2 is 1.96 bits per heavy atom. The quantitative estimate of drug-likeness (QED) is 0.891. The smallest absolute Gasteiger partial charge is 0.317 e. The molecule has 2 aliphatic heterocycles. The third-order valence-electron chi connectivity index (χ3n) is 4.80. The summed E-state index contributed by atoms with van der Waals surface area (Å²) in [6, 6.07) is 7.89. The number of ether oxygens (including phenoxy) is 1. The Morgan fingerprint density at radius 1 is 1.21 bits per heavy atom. The van der Waals surface area contributed by atoms with Gasteiger partial charge in [0.1, 0.15) is 5.75 Å². The van der Waals surface area contributed by atoms with Gasteiger partial charge in [-0.3, -0.25) is 4.79 Å². The van der Waals surface area contributed by atoms with E-state index in [-0.39, 0.29) is 18.0 Å². The Kier molecular flexibility index (Phi) is 5.23. The number of benzene rings is 1. The third kappa shape index (κ3) is 3.99. The summed E-state index contributed by atoms with van der Waals surface area (Å²) in [5.41, 5.74) is 1.05. The zero-order valence-electron chi connectivity index (χ0n) is 14.1. The molecule has 3 amide bonds. The van der Waals surface area contributed by atoms with Crippen LogP contribution in [0, 0.1) is 5.92 Å². The summed E-state index contributed by atoms with van der Waals surface area (Å²) < 4.78 is 5.64. The molecule has 6 heteroatoms. The molecule has 3 rings (SSSR count). The molecule has 0 aliphatic carbocycles. The number of piperidine rings is 1. The lowest BCUT2D eigenvalue weighted by atomic mass is 9.97. The summed E-state index contributed by atoms with van der Waals surface area (Å²) in [7, 11) is 0. The lowest BCUT2D eigenvalue weighted by Gasteiger charge is -2.34. The number of amides is 3. The van der Waals surface area contributed by atoms with Crippen molar-refractivity contribution in [2.24, 2.45) is 5.92 Å². The molecule has 0 unspecified atom stereocenters. The van der Waals surface area contributed by atoms with Crippen LogP contribution in [0.1, 0.15) is 37.8 Å². The first kappa shape index (κ1) is 16.6. The van der Waals surface area contributed by atoms with Gasteiger partial charge in [0.2, 0.25) is 5.91 Å². The van der Waals surface area contributed by atoms with Crippen LogP contribution in [0.2, 0.25) is 0 Å². The van der Waals surface area contributed by atoms with E-state index < -0.39 is 0 Å². The number of nitrogens with zero attached hydrogens (tertiary/aromatic N) is 1. The van der Waals surface area contributed by atoms with Gasteiger partial charge in [-0.05, 0) is 24.8 Å². The average molecular weight is 331 g/mol. The summed E-state index contributed by atoms with van der Waals surface area (Å²) >= 11 is 0. The monoisotopic (exact) mass is 331 g/mol. The number of hydrogen-bond donors (Lipinski definition) is 2. The van der Waals surface area contributed by atoms with Gasteiger partial charge in [0.05, 0.1) is 12.6 Å². The fourth-order valence-corrected chi connectivity index (χ4v) is 3.36. The van der Waals surface area contributed by atoms with E-state index in [9.17, 15) is 9.59 Å². The van der Waals surface area contributed by atoms with E-state index in [2.05, 4.69) is 10.6 Å². The molecule has 1 saturated heterocycles. The van der Waals surface area contributed by atoms with E-state index in [1.165, 1.54) is 6.92 Å². The van der Waals surface area contributed by atoms with Crippen LogP contribution in [-0.2, 0) is 4.79 Å². The second-order valence-corrected chi connectivity index (χ2v) is 6.54. The molecule has 0 aromatic heterocycles. The van der Waals surface area contributed by atoms with Crippen molar-refractivity contribution >= 4 is 11.9 Å². The van der Waals surface area contributed by atoms with E-state index in [1.54, 1.807) is 0 Å². The van der Waals surface area contributed by atoms with E-state index in [4.69, 9.17) is 4.74 Å². The minimum absolute atomic E-state index is 0.00493. The van der Waals surface area contributed by atoms with E-state index >= 15 is 0 Å². The number of fused-ring (bicyclic) bond motifs is 1. The maximum absolute atomic E-state index is 12.6. The number of likely N-dealkylation sites (tertiary alicyclic amines) is 1. The molecule has 0 spiro atoms. The Balaban J connectivity index is 1.51. The topological polar surface area (TPSA) is 70.7 Å². The molecule has 1 aromatic rings. The second kappa shape index (κ2) is 7.55. The number of hydrogen-bond acceptors (Lipinski definition) is 3. The normalized spacial score (nSPS) is 20.7. The van der Waals surface area contributed by atoms with Crippen LogP contribution in [0.3, 0.4) is 0 Å². The van der Waals surface area contributed by atoms with Gasteiger partial charge in [0.25, 0.3) is 0 Å². The van der Waals surface area contributed by atoms with Crippen LogP contribution in [0.25, 0.3) is 0 Å². The zero-order valence-corrected chi connectivity index (χ0v) is 14.1. The first-order valence-corrected chi connectivity index (χ1v) is 8.65. The van der Waals surface area contributed by atoms with Crippen molar-refractivity contribution in [1.82, 2.24) is 15.5 Å². The second-order valence-electron chi connectivity index (χ2n) is 6.54. The van der Waals surface area contributed by atoms with Crippen molar-refractivity contribution in [2.75, 3.05) is 26.2 Å². The molecular formula is C18H25N3O3. The lowest BCUT2D eigenvalue weighted by molar-refractivity contribution is -0.119. The van der Waals surface area contributed by atoms with Crippen molar-refractivity contribution < 1.29 is 14.3 Å². The van der Waals surface area contributed by atoms with Crippen molar-refractivity contribution in [1.29, 1.82) is 0 Å². The van der Waals surface area contributed by atoms with Crippen LogP contribution in [0.5, 0.6) is 5.75 Å². The standard InChI is InChI=1S/C18H25N3O3/c1-13(22)19-12-14-6-9-21(10-7-14)18(23)20-16-8-11-24-17-5-3-2-4-15(16)17/h2-5,14,16H,6-12H2,1H3,(H,19,22)(H,20,23)/t16-/m1/s1. The minimum atomic E-state index is -0.00493. The molecule has 2 aliphatic rings. The molecule has 24 heavy (non-hydrogen) atoms. The molecule has 2 heterocycles. The summed E-state index contributed by atoms with van der Waals surface area (Å²) in [6.07, 6.45) is 2.65. The van der Waals surface area contributed by atoms with Crippen LogP contribution in [-0.4, -0.2) is 43.1 Å². The van der Waals surface area contributed by atoms with E-state index in [1.807, 2.05) is 29.2 Å². The predicted molar refractivity (Wildman–Crippen MR) is 90.8 cm³/mol. The van der Waals surface area contributed by atoms with Crippen LogP contribution in [0.4, 0.5) is 4.79 Å². The maximum atomic E-state index is 12.6. The highest BCUT2D eigenvalue weighted by molar-refractivity contribution is 5.75. The number of carbonyl (C=O) groups is 2. The highest BCUT2D eigenvalue weighted by Crippen LogP contribution is 2.31. The van der Waals surface area contributed by atoms with E-state index in [0.29, 0.717) is 19.1 Å². The molecule has 0 radical (unpaired) electrons. The van der Waals surface area contributed by atoms with Crippen molar-refractivity contribution in [2.45, 2.75) is 32.2 Å². The first-order valence-electron chi connectivity index (χ1n) is 8.65. The van der Waals surface area contributed by atoms with Gasteiger partial charge in [-0.15, -0.1) is 0 Å². The molecule has 1 fully saturated rings. The van der Waals surface area contributed by atoms with Crippen LogP contribution < -0.4 is 15.4 Å². The zero-order chi connectivity index (χ0) is 16.9. The molecule has 1 atom stereocenters. The van der Waals surface area contributed by atoms with Gasteiger partial charge in [-0.25, -0.2) is 4.79 Å². The van der Waals surface area contributed by atoms with Gasteiger partial charge >= 0.3 is 6.03 Å². The molecule has 1 aromatic carbocycles. The third-order valence-corrected chi connectivity index (χ3v) is 4.80. The molecular weight excluding hydrogens is 306 g/mol. The molecule has 0 saturated carbocycles.